The van der Waals surface area contributed by atoms with E-state index in [0.29, 0.717) is 0 Å². The lowest BCUT2D eigenvalue weighted by molar-refractivity contribution is -0.400. The van der Waals surface area contributed by atoms with Gasteiger partial charge in [-0.15, -0.1) is 0 Å². The van der Waals surface area contributed by atoms with Crippen molar-refractivity contribution in [1.82, 2.24) is 16.0 Å². The number of nitrogens with one attached hydrogen (secondary N) is 3. The van der Waals surface area contributed by atoms with Gasteiger partial charge in [0.1, 0.15) is 195 Å². The van der Waals surface area contributed by atoms with Gasteiger partial charge in [-0.3, -0.25) is 14.4 Å². The Morgan fingerprint density at radius 1 is 0.265 bits per heavy atom. The van der Waals surface area contributed by atoms with Gasteiger partial charge in [0.05, 0.1) is 52.9 Å². The minimum atomic E-state index is -2.54. The third kappa shape index (κ3) is 17.6. The Morgan fingerprint density at radius 3 is 1.03 bits per heavy atom. The average molecular weight is 1440 g/mol. The largest absolute Gasteiger partial charge is 0.394 e. The molecule has 0 bridgehead atoms. The van der Waals surface area contributed by atoms with E-state index in [2.05, 4.69) is 16.0 Å². The zero-order chi connectivity index (χ0) is 72.2. The fraction of sp³-hybridized carbons (Fsp3) is 0.944. The number of carbonyl (C=O) groups is 3. The molecule has 8 aliphatic heterocycles. The van der Waals surface area contributed by atoms with Gasteiger partial charge in [-0.1, -0.05) is 0 Å². The number of aliphatic hydroxyl groups is 23. The number of carbonyl (C=O) groups excluding carboxylic acids is 3. The van der Waals surface area contributed by atoms with Crippen molar-refractivity contribution in [2.45, 2.75) is 266 Å². The summed E-state index contributed by atoms with van der Waals surface area (Å²) in [5, 5.41) is 259. The van der Waals surface area contributed by atoms with Crippen molar-refractivity contribution in [2.75, 3.05) is 52.9 Å². The third-order valence-electron chi connectivity index (χ3n) is 17.8. The first-order valence-electron chi connectivity index (χ1n) is 31.1. The summed E-state index contributed by atoms with van der Waals surface area (Å²) >= 11 is 0. The van der Waals surface area contributed by atoms with Crippen LogP contribution in [0.3, 0.4) is 0 Å². The SMILES string of the molecule is CC(=O)N[C@@H]1[C@@H](O)[C@H](O[C@@H]2O[C@H](CO)[C@@H](O[C@@H]3O[C@H](CO[C@H]4O[C@H](CO[C@H]5O[C@H](CO)[C@@H](O)[C@H](O)[C@@H]5O)[C@@H](O)[C@H](O[C@H]5O[C@H](CO)[C@@H](O)[C@H](O)[C@@H]5O)[C@@H]4O)[C@@H](O[C@@H]4O[C@H](CO)[C@@H](O)[C@H](O)[C@H]4NC(C)=O)[C@H](O[C@H]4O[C@H](CO)[C@@H](O)[C@H](O)[C@@H]4O)[C@@H]3O)[C@H](O)[C@H]2NC(C)=O)[C@@H](CO)O[C@H]1O. The van der Waals surface area contributed by atoms with Crippen LogP contribution in [0.4, 0.5) is 0 Å². The van der Waals surface area contributed by atoms with Crippen LogP contribution in [0, 0.1) is 0 Å². The second-order valence-corrected chi connectivity index (χ2v) is 24.7. The first-order chi connectivity index (χ1) is 46.3. The van der Waals surface area contributed by atoms with Gasteiger partial charge in [-0.2, -0.15) is 0 Å². The summed E-state index contributed by atoms with van der Waals surface area (Å²) in [6, 6.07) is -5.41. The summed E-state index contributed by atoms with van der Waals surface area (Å²) in [4.78, 5) is 37.8. The maximum Gasteiger partial charge on any atom is 0.217 e. The molecule has 8 fully saturated rings. The van der Waals surface area contributed by atoms with Gasteiger partial charge in [0.2, 0.25) is 17.7 Å². The molecule has 8 heterocycles. The second-order valence-electron chi connectivity index (χ2n) is 24.7. The van der Waals surface area contributed by atoms with Crippen LogP contribution in [0.25, 0.3) is 0 Å². The summed E-state index contributed by atoms with van der Waals surface area (Å²) in [6.07, 6.45) is -76.7. The fourth-order valence-corrected chi connectivity index (χ4v) is 12.5. The zero-order valence-electron chi connectivity index (χ0n) is 52.4. The Kier molecular flexibility index (Phi) is 28.9. The predicted octanol–water partition coefficient (Wildman–Crippen LogP) is -18.0. The Balaban J connectivity index is 1.19. The van der Waals surface area contributed by atoms with Crippen molar-refractivity contribution in [1.29, 1.82) is 0 Å². The molecule has 0 aromatic heterocycles. The Labute approximate surface area is 554 Å². The number of rotatable bonds is 25. The van der Waals surface area contributed by atoms with Crippen molar-refractivity contribution >= 4 is 17.7 Å². The fourth-order valence-electron chi connectivity index (χ4n) is 12.5. The van der Waals surface area contributed by atoms with Crippen LogP contribution in [0.15, 0.2) is 0 Å². The molecule has 8 aliphatic rings. The topological polar surface area (TPSA) is 691 Å². The van der Waals surface area contributed by atoms with Gasteiger partial charge >= 0.3 is 0 Å². The van der Waals surface area contributed by atoms with Crippen LogP contribution in [0.2, 0.25) is 0 Å². The summed E-state index contributed by atoms with van der Waals surface area (Å²) < 4.78 is 88.6. The van der Waals surface area contributed by atoms with E-state index in [1.807, 2.05) is 0 Å². The quantitative estimate of drug-likeness (QED) is 0.0404. The van der Waals surface area contributed by atoms with Gasteiger partial charge in [0.15, 0.2) is 50.3 Å². The number of hydrogen-bond acceptors (Lipinski definition) is 41. The summed E-state index contributed by atoms with van der Waals surface area (Å²) in [5.74, 6) is -2.62. The Hall–Kier alpha value is -3.11. The highest BCUT2D eigenvalue weighted by molar-refractivity contribution is 5.74. The molecule has 44 heteroatoms. The summed E-state index contributed by atoms with van der Waals surface area (Å²) in [6.45, 7) is -5.55. The van der Waals surface area contributed by atoms with Crippen LogP contribution >= 0.6 is 0 Å². The minimum absolute atomic E-state index is 0.774. The van der Waals surface area contributed by atoms with Crippen LogP contribution in [-0.4, -0.2) is 433 Å². The van der Waals surface area contributed by atoms with Gasteiger partial charge in [-0.25, -0.2) is 0 Å². The molecule has 0 unspecified atom stereocenters. The molecule has 0 aliphatic carbocycles. The monoisotopic (exact) mass is 1440 g/mol. The van der Waals surface area contributed by atoms with E-state index in [1.54, 1.807) is 0 Å². The maximum absolute atomic E-state index is 12.9. The van der Waals surface area contributed by atoms with Crippen molar-refractivity contribution in [3.8, 4) is 0 Å². The highest BCUT2D eigenvalue weighted by atomic mass is 16.8. The molecular formula is C54H91N3O41. The molecule has 98 heavy (non-hydrogen) atoms. The van der Waals surface area contributed by atoms with Gasteiger partial charge < -0.3 is 204 Å². The van der Waals surface area contributed by atoms with Crippen molar-refractivity contribution in [3.05, 3.63) is 0 Å². The molecule has 0 aromatic rings. The molecule has 0 saturated carbocycles. The molecule has 8 saturated heterocycles. The highest BCUT2D eigenvalue weighted by Gasteiger charge is 2.60. The average Bonchev–Trinajstić information content (AvgIpc) is 0.763. The van der Waals surface area contributed by atoms with E-state index >= 15 is 0 Å². The predicted molar refractivity (Wildman–Crippen MR) is 299 cm³/mol. The van der Waals surface area contributed by atoms with Crippen LogP contribution in [0.5, 0.6) is 0 Å². The van der Waals surface area contributed by atoms with Crippen LogP contribution in [0.1, 0.15) is 20.8 Å². The van der Waals surface area contributed by atoms with Crippen LogP contribution in [-0.2, 0) is 85.4 Å². The molecule has 3 amide bonds. The molecule has 0 radical (unpaired) electrons. The maximum atomic E-state index is 12.9. The van der Waals surface area contributed by atoms with E-state index in [0.717, 1.165) is 20.8 Å². The van der Waals surface area contributed by atoms with E-state index in [-0.39, 0.29) is 0 Å². The Bertz CT molecular complexity index is 2510. The van der Waals surface area contributed by atoms with E-state index in [1.165, 1.54) is 0 Å². The summed E-state index contributed by atoms with van der Waals surface area (Å²) in [7, 11) is 0. The highest BCUT2D eigenvalue weighted by Crippen LogP contribution is 2.39. The lowest BCUT2D eigenvalue weighted by Crippen LogP contribution is -2.71. The standard InChI is InChI=1S/C54H91N3O41/c1-12(64)55-23-32(73)42(19(8-62)86-47(23)83)94-49-25(57-14(3)66)33(74)43(20(9-63)91-49)95-54-41(82)46(98-53-39(80)36(77)29(70)18(7-61)90-53)44(96-48-24(56-13(2)65)31(72)26(67)15(4-58)87-48)22(93-54)11-85-51-40(81)45(97-52-38(79)35(76)28(69)17(6-60)89-52)30(71)21(92-51)10-84-50-37(78)34(75)27(68)16(5-59)88-50/h15-54,58-63,67-83H,4-11H2,1-3H3,(H,55,64)(H,56,65)(H,57,66)/t15-,16-,17-,18-,19-,20-,21-,22-,23-,24-,25-,26-,27-,28-,29-,30-,31-,32-,33-,34+,35+,36+,37+,38+,39+,40+,41+,42-,43-,44-,45+,46-,47-,48+,49+,50+,51+,52-,53-,54+/m1/s1. The van der Waals surface area contributed by atoms with E-state index < -0.39 is 316 Å². The lowest BCUT2D eigenvalue weighted by atomic mass is 9.93. The third-order valence-corrected chi connectivity index (χ3v) is 17.8. The lowest BCUT2D eigenvalue weighted by Gasteiger charge is -2.52. The summed E-state index contributed by atoms with van der Waals surface area (Å²) in [5.41, 5.74) is 0. The van der Waals surface area contributed by atoms with Crippen molar-refractivity contribution in [3.63, 3.8) is 0 Å². The molecule has 0 aromatic carbocycles. The number of ether oxygens (including phenoxy) is 15. The second kappa shape index (κ2) is 35.1. The minimum Gasteiger partial charge on any atom is -0.394 e. The normalized spacial score (nSPS) is 49.5. The molecule has 44 nitrogen and oxygen atoms in total. The first kappa shape index (κ1) is 80.6. The Morgan fingerprint density at radius 2 is 0.561 bits per heavy atom. The van der Waals surface area contributed by atoms with E-state index in [9.17, 15) is 132 Å². The van der Waals surface area contributed by atoms with Crippen molar-refractivity contribution < 1.29 is 203 Å². The van der Waals surface area contributed by atoms with Crippen molar-refractivity contribution in [2.24, 2.45) is 0 Å². The zero-order valence-corrected chi connectivity index (χ0v) is 52.4. The number of amides is 3. The molecule has 26 N–H and O–H groups in total. The molecule has 0 spiro atoms. The van der Waals surface area contributed by atoms with Crippen LogP contribution < -0.4 is 16.0 Å². The number of hydrogen-bond donors (Lipinski definition) is 26. The smallest absolute Gasteiger partial charge is 0.217 e. The van der Waals surface area contributed by atoms with E-state index in [4.69, 9.17) is 71.1 Å². The number of aliphatic hydroxyl groups excluding tert-OH is 23. The van der Waals surface area contributed by atoms with Gasteiger partial charge in [-0.05, 0) is 0 Å². The molecular weight excluding hydrogens is 1350 g/mol. The molecule has 568 valence electrons. The van der Waals surface area contributed by atoms with Gasteiger partial charge in [0, 0.05) is 20.8 Å². The molecule has 8 rings (SSSR count). The first-order valence-corrected chi connectivity index (χ1v) is 31.1. The molecule has 40 atom stereocenters. The van der Waals surface area contributed by atoms with Gasteiger partial charge in [0.25, 0.3) is 0 Å².